The van der Waals surface area contributed by atoms with Crippen LogP contribution < -0.4 is 0 Å². The highest BCUT2D eigenvalue weighted by molar-refractivity contribution is 5.91. The van der Waals surface area contributed by atoms with Gasteiger partial charge in [0.1, 0.15) is 0 Å². The molecule has 0 saturated heterocycles. The number of hydrogen-bond donors (Lipinski definition) is 3. The zero-order chi connectivity index (χ0) is 23.5. The van der Waals surface area contributed by atoms with Crippen LogP contribution in [0.5, 0.6) is 0 Å². The number of carbonyl (C=O) groups excluding carboxylic acids is 1. The first-order valence-corrected chi connectivity index (χ1v) is 12.9. The fourth-order valence-corrected chi connectivity index (χ4v) is 8.32. The molecule has 4 rings (SSSR count). The second kappa shape index (κ2) is 8.36. The Kier molecular flexibility index (Phi) is 6.31. The largest absolute Gasteiger partial charge is 0.396 e. The smallest absolute Gasteiger partial charge is 0.155 e. The Morgan fingerprint density at radius 1 is 1.19 bits per heavy atom. The van der Waals surface area contributed by atoms with E-state index in [2.05, 4.69) is 33.8 Å². The number of allylic oxidation sites excluding steroid dienone is 2. The van der Waals surface area contributed by atoms with Gasteiger partial charge in [-0.3, -0.25) is 4.79 Å². The Morgan fingerprint density at radius 2 is 1.91 bits per heavy atom. The molecule has 4 heteroatoms. The maximum atomic E-state index is 12.1. The molecule has 0 aromatic heterocycles. The molecule has 9 atom stereocenters. The van der Waals surface area contributed by atoms with Gasteiger partial charge in [-0.05, 0) is 86.5 Å². The molecule has 4 aliphatic carbocycles. The highest BCUT2D eigenvalue weighted by Gasteiger charge is 2.65. The Hall–Kier alpha value is -0.970. The van der Waals surface area contributed by atoms with E-state index in [4.69, 9.17) is 0 Å². The Bertz CT molecular complexity index is 795. The van der Waals surface area contributed by atoms with Gasteiger partial charge in [-0.2, -0.15) is 0 Å². The standard InChI is InChI=1S/C28H44O4/c1-17(2)18(3)8-12-27(5,32)25-24(31)15-23-21-7-6-19-14-20(30)9-11-26(19,4)22(21)10-13-28(23,25)16-29/h8,12,14,17-18,21-25,29,31-32H,6-7,9-11,13,15-16H2,1-5H3/b12-8+/t18-,21+,22-,23-,24-,25+,26-,27-,28+/m0/s1. The molecule has 0 unspecified atom stereocenters. The summed E-state index contributed by atoms with van der Waals surface area (Å²) in [6, 6.07) is 0. The molecule has 0 amide bonds. The minimum atomic E-state index is -1.16. The molecule has 0 spiro atoms. The Labute approximate surface area is 194 Å². The summed E-state index contributed by atoms with van der Waals surface area (Å²) in [5.41, 5.74) is -0.207. The van der Waals surface area contributed by atoms with Gasteiger partial charge in [0.05, 0.1) is 11.7 Å². The van der Waals surface area contributed by atoms with Gasteiger partial charge in [0.2, 0.25) is 0 Å². The van der Waals surface area contributed by atoms with Gasteiger partial charge < -0.3 is 15.3 Å². The molecule has 0 heterocycles. The van der Waals surface area contributed by atoms with E-state index in [1.54, 1.807) is 0 Å². The zero-order valence-corrected chi connectivity index (χ0v) is 20.7. The molecule has 3 fully saturated rings. The lowest BCUT2D eigenvalue weighted by molar-refractivity contribution is -0.132. The molecule has 4 aliphatic rings. The summed E-state index contributed by atoms with van der Waals surface area (Å²) in [5.74, 6) is 1.87. The second-order valence-electron chi connectivity index (χ2n) is 12.4. The van der Waals surface area contributed by atoms with Crippen molar-refractivity contribution in [1.29, 1.82) is 0 Å². The predicted octanol–water partition coefficient (Wildman–Crippen LogP) is 4.68. The van der Waals surface area contributed by atoms with E-state index in [1.807, 2.05) is 19.1 Å². The maximum absolute atomic E-state index is 12.1. The van der Waals surface area contributed by atoms with Crippen LogP contribution in [0.2, 0.25) is 0 Å². The number of ketones is 1. The van der Waals surface area contributed by atoms with E-state index in [0.29, 0.717) is 36.5 Å². The normalized spacial score (nSPS) is 44.6. The summed E-state index contributed by atoms with van der Waals surface area (Å²) < 4.78 is 0. The topological polar surface area (TPSA) is 77.8 Å². The lowest BCUT2D eigenvalue weighted by Crippen LogP contribution is -2.56. The third-order valence-electron chi connectivity index (χ3n) is 10.4. The van der Waals surface area contributed by atoms with Crippen LogP contribution in [0, 0.1) is 46.3 Å². The number of carbonyl (C=O) groups is 1. The van der Waals surface area contributed by atoms with Crippen LogP contribution in [0.25, 0.3) is 0 Å². The summed E-state index contributed by atoms with van der Waals surface area (Å²) in [6.07, 6.45) is 11.3. The van der Waals surface area contributed by atoms with Crippen molar-refractivity contribution in [2.75, 3.05) is 6.61 Å². The first-order valence-electron chi connectivity index (χ1n) is 12.9. The van der Waals surface area contributed by atoms with Gasteiger partial charge in [0.15, 0.2) is 5.78 Å². The van der Waals surface area contributed by atoms with Crippen LogP contribution in [-0.2, 0) is 4.79 Å². The third-order valence-corrected chi connectivity index (χ3v) is 10.4. The number of fused-ring (bicyclic) bond motifs is 5. The second-order valence-corrected chi connectivity index (χ2v) is 12.4. The Morgan fingerprint density at radius 3 is 2.56 bits per heavy atom. The van der Waals surface area contributed by atoms with E-state index in [0.717, 1.165) is 32.1 Å². The van der Waals surface area contributed by atoms with Crippen LogP contribution in [0.4, 0.5) is 0 Å². The zero-order valence-electron chi connectivity index (χ0n) is 20.7. The molecular weight excluding hydrogens is 400 g/mol. The highest BCUT2D eigenvalue weighted by Crippen LogP contribution is 2.67. The average molecular weight is 445 g/mol. The van der Waals surface area contributed by atoms with Crippen molar-refractivity contribution in [2.45, 2.75) is 91.3 Å². The van der Waals surface area contributed by atoms with Gasteiger partial charge in [-0.15, -0.1) is 0 Å². The van der Waals surface area contributed by atoms with Gasteiger partial charge in [0, 0.05) is 24.4 Å². The predicted molar refractivity (Wildman–Crippen MR) is 127 cm³/mol. The quantitative estimate of drug-likeness (QED) is 0.538. The molecular formula is C28H44O4. The lowest BCUT2D eigenvalue weighted by Gasteiger charge is -2.59. The van der Waals surface area contributed by atoms with E-state index >= 15 is 0 Å². The van der Waals surface area contributed by atoms with Crippen molar-refractivity contribution in [3.63, 3.8) is 0 Å². The fourth-order valence-electron chi connectivity index (χ4n) is 8.32. The molecule has 0 aromatic rings. The monoisotopic (exact) mass is 444 g/mol. The summed E-state index contributed by atoms with van der Waals surface area (Å²) in [5, 5.41) is 33.7. The van der Waals surface area contributed by atoms with E-state index in [-0.39, 0.29) is 29.6 Å². The fraction of sp³-hybridized carbons (Fsp3) is 0.821. The minimum absolute atomic E-state index is 0.0181. The first kappa shape index (κ1) is 24.2. The summed E-state index contributed by atoms with van der Waals surface area (Å²) in [7, 11) is 0. The molecule has 180 valence electrons. The molecule has 3 saturated carbocycles. The van der Waals surface area contributed by atoms with Crippen molar-refractivity contribution in [1.82, 2.24) is 0 Å². The number of aliphatic hydroxyl groups is 3. The molecule has 32 heavy (non-hydrogen) atoms. The van der Waals surface area contributed by atoms with Crippen molar-refractivity contribution in [3.8, 4) is 0 Å². The molecule has 4 nitrogen and oxygen atoms in total. The minimum Gasteiger partial charge on any atom is -0.396 e. The van der Waals surface area contributed by atoms with Crippen molar-refractivity contribution in [2.24, 2.45) is 46.3 Å². The van der Waals surface area contributed by atoms with Crippen LogP contribution in [0.3, 0.4) is 0 Å². The summed E-state index contributed by atoms with van der Waals surface area (Å²) in [4.78, 5) is 12.1. The van der Waals surface area contributed by atoms with E-state index < -0.39 is 17.1 Å². The maximum Gasteiger partial charge on any atom is 0.155 e. The molecule has 0 radical (unpaired) electrons. The number of rotatable bonds is 5. The number of hydrogen-bond acceptors (Lipinski definition) is 4. The lowest BCUT2D eigenvalue weighted by atomic mass is 9.46. The van der Waals surface area contributed by atoms with Crippen LogP contribution in [0.15, 0.2) is 23.8 Å². The molecule has 0 bridgehead atoms. The van der Waals surface area contributed by atoms with Crippen molar-refractivity contribution in [3.05, 3.63) is 23.8 Å². The van der Waals surface area contributed by atoms with Crippen molar-refractivity contribution < 1.29 is 20.1 Å². The van der Waals surface area contributed by atoms with Crippen LogP contribution >= 0.6 is 0 Å². The summed E-state index contributed by atoms with van der Waals surface area (Å²) >= 11 is 0. The van der Waals surface area contributed by atoms with Crippen molar-refractivity contribution >= 4 is 5.78 Å². The third kappa shape index (κ3) is 3.65. The average Bonchev–Trinajstić information content (AvgIpc) is 3.05. The molecule has 0 aromatic carbocycles. The molecule has 0 aliphatic heterocycles. The van der Waals surface area contributed by atoms with Gasteiger partial charge in [-0.25, -0.2) is 0 Å². The van der Waals surface area contributed by atoms with Gasteiger partial charge in [0.25, 0.3) is 0 Å². The SMILES string of the molecule is CC(C)[C@@H](C)/C=C/[C@](C)(O)[C@H]1[C@@H](O)C[C@H]2[C@@H]3CCC4=CC(=O)CC[C@]4(C)[C@H]3CC[C@@]21CO. The van der Waals surface area contributed by atoms with Gasteiger partial charge >= 0.3 is 0 Å². The molecule has 3 N–H and O–H groups in total. The van der Waals surface area contributed by atoms with E-state index in [1.165, 1.54) is 5.57 Å². The highest BCUT2D eigenvalue weighted by atomic mass is 16.3. The first-order chi connectivity index (χ1) is 15.0. The van der Waals surface area contributed by atoms with Crippen LogP contribution in [0.1, 0.15) is 79.6 Å². The van der Waals surface area contributed by atoms with E-state index in [9.17, 15) is 20.1 Å². The summed E-state index contributed by atoms with van der Waals surface area (Å²) in [6.45, 7) is 10.7. The van der Waals surface area contributed by atoms with Crippen LogP contribution in [-0.4, -0.2) is 39.4 Å². The Balaban J connectivity index is 1.65. The van der Waals surface area contributed by atoms with Gasteiger partial charge in [-0.1, -0.05) is 45.4 Å². The number of aliphatic hydroxyl groups excluding tert-OH is 2.